The van der Waals surface area contributed by atoms with E-state index in [0.29, 0.717) is 5.92 Å². The molecule has 3 nitrogen and oxygen atoms in total. The average Bonchev–Trinajstić information content (AvgIpc) is 2.96. The van der Waals surface area contributed by atoms with Crippen molar-refractivity contribution in [3.05, 3.63) is 17.5 Å². The van der Waals surface area contributed by atoms with Crippen LogP contribution in [0.15, 0.2) is 6.07 Å². The molecule has 1 heterocycles. The summed E-state index contributed by atoms with van der Waals surface area (Å²) in [7, 11) is 0. The van der Waals surface area contributed by atoms with Gasteiger partial charge in [-0.05, 0) is 38.2 Å². The van der Waals surface area contributed by atoms with E-state index in [9.17, 15) is 5.11 Å². The van der Waals surface area contributed by atoms with Crippen molar-refractivity contribution in [3.63, 3.8) is 0 Å². The van der Waals surface area contributed by atoms with Gasteiger partial charge in [0.25, 0.3) is 0 Å². The highest BCUT2D eigenvalue weighted by Gasteiger charge is 2.32. The molecule has 1 aliphatic carbocycles. The zero-order valence-electron chi connectivity index (χ0n) is 8.90. The molecule has 0 saturated heterocycles. The van der Waals surface area contributed by atoms with Crippen LogP contribution in [-0.2, 0) is 13.0 Å². The molecule has 0 spiro atoms. The van der Waals surface area contributed by atoms with Gasteiger partial charge < -0.3 is 5.11 Å². The van der Waals surface area contributed by atoms with Crippen LogP contribution in [0.2, 0.25) is 0 Å². The molecule has 1 saturated carbocycles. The van der Waals surface area contributed by atoms with Gasteiger partial charge in [0, 0.05) is 6.54 Å². The molecule has 0 radical (unpaired) electrons. The summed E-state index contributed by atoms with van der Waals surface area (Å²) in [6, 6.07) is 2.05. The van der Waals surface area contributed by atoms with Crippen molar-refractivity contribution in [3.8, 4) is 0 Å². The van der Waals surface area contributed by atoms with Crippen LogP contribution in [0.1, 0.15) is 44.2 Å². The smallest absolute Gasteiger partial charge is 0.0984 e. The Kier molecular flexibility index (Phi) is 2.59. The Labute approximate surface area is 84.7 Å². The van der Waals surface area contributed by atoms with Gasteiger partial charge in [-0.1, -0.05) is 6.92 Å². The van der Waals surface area contributed by atoms with E-state index >= 15 is 0 Å². The normalized spacial score (nSPS) is 18.5. The van der Waals surface area contributed by atoms with Crippen molar-refractivity contribution >= 4 is 0 Å². The number of hydrogen-bond donors (Lipinski definition) is 1. The Morgan fingerprint density at radius 2 is 2.29 bits per heavy atom. The predicted octanol–water partition coefficient (Wildman–Crippen LogP) is 1.91. The maximum atomic E-state index is 10.0. The number of nitrogens with zero attached hydrogens (tertiary/aromatic N) is 2. The topological polar surface area (TPSA) is 38.0 Å². The largest absolute Gasteiger partial charge is 0.387 e. The van der Waals surface area contributed by atoms with Gasteiger partial charge in [0.15, 0.2) is 0 Å². The van der Waals surface area contributed by atoms with Crippen molar-refractivity contribution in [1.29, 1.82) is 0 Å². The molecular weight excluding hydrogens is 176 g/mol. The molecule has 1 aromatic heterocycles. The first-order valence-corrected chi connectivity index (χ1v) is 5.51. The van der Waals surface area contributed by atoms with E-state index in [1.807, 2.05) is 10.7 Å². The standard InChI is InChI=1S/C11H18N2O/c1-3-9-7-10(13(4-2)12-9)11(14)8-5-6-8/h7-8,11,14H,3-6H2,1-2H3. The van der Waals surface area contributed by atoms with Gasteiger partial charge in [-0.2, -0.15) is 5.10 Å². The minimum absolute atomic E-state index is 0.289. The fourth-order valence-corrected chi connectivity index (χ4v) is 1.80. The Bertz CT molecular complexity index is 315. The average molecular weight is 194 g/mol. The molecule has 1 fully saturated rings. The second kappa shape index (κ2) is 3.73. The van der Waals surface area contributed by atoms with Gasteiger partial charge in [0.2, 0.25) is 0 Å². The van der Waals surface area contributed by atoms with Gasteiger partial charge in [-0.25, -0.2) is 0 Å². The van der Waals surface area contributed by atoms with Crippen molar-refractivity contribution in [2.45, 2.75) is 45.8 Å². The molecule has 0 aliphatic heterocycles. The van der Waals surface area contributed by atoms with Crippen LogP contribution in [0.3, 0.4) is 0 Å². The van der Waals surface area contributed by atoms with E-state index in [4.69, 9.17) is 0 Å². The van der Waals surface area contributed by atoms with Crippen LogP contribution >= 0.6 is 0 Å². The molecule has 0 aromatic carbocycles. The summed E-state index contributed by atoms with van der Waals surface area (Å²) in [5.74, 6) is 0.488. The quantitative estimate of drug-likeness (QED) is 0.795. The maximum absolute atomic E-state index is 10.0. The molecule has 78 valence electrons. The van der Waals surface area contributed by atoms with E-state index < -0.39 is 0 Å². The van der Waals surface area contributed by atoms with Crippen LogP contribution in [0, 0.1) is 5.92 Å². The lowest BCUT2D eigenvalue weighted by molar-refractivity contribution is 0.143. The Balaban J connectivity index is 2.24. The molecule has 1 aromatic rings. The summed E-state index contributed by atoms with van der Waals surface area (Å²) in [5, 5.41) is 14.5. The lowest BCUT2D eigenvalue weighted by atomic mass is 10.1. The van der Waals surface area contributed by atoms with Crippen molar-refractivity contribution in [2.24, 2.45) is 5.92 Å². The second-order valence-corrected chi connectivity index (χ2v) is 4.01. The summed E-state index contributed by atoms with van der Waals surface area (Å²) < 4.78 is 1.93. The molecule has 1 atom stereocenters. The van der Waals surface area contributed by atoms with Crippen molar-refractivity contribution < 1.29 is 5.11 Å². The van der Waals surface area contributed by atoms with Gasteiger partial charge in [0.05, 0.1) is 17.5 Å². The van der Waals surface area contributed by atoms with Crippen molar-refractivity contribution in [1.82, 2.24) is 9.78 Å². The first-order valence-electron chi connectivity index (χ1n) is 5.51. The summed E-state index contributed by atoms with van der Waals surface area (Å²) in [6.45, 7) is 5.00. The van der Waals surface area contributed by atoms with Gasteiger partial charge in [0.1, 0.15) is 0 Å². The molecule has 0 amide bonds. The number of aryl methyl sites for hydroxylation is 2. The van der Waals surface area contributed by atoms with Gasteiger partial charge in [-0.3, -0.25) is 4.68 Å². The Morgan fingerprint density at radius 3 is 2.79 bits per heavy atom. The molecule has 3 heteroatoms. The van der Waals surface area contributed by atoms with Crippen LogP contribution < -0.4 is 0 Å². The number of aromatic nitrogens is 2. The Morgan fingerprint density at radius 1 is 1.57 bits per heavy atom. The lowest BCUT2D eigenvalue weighted by Gasteiger charge is -2.10. The molecule has 0 bridgehead atoms. The molecule has 14 heavy (non-hydrogen) atoms. The molecule has 1 aliphatic rings. The summed E-state index contributed by atoms with van der Waals surface area (Å²) >= 11 is 0. The highest BCUT2D eigenvalue weighted by atomic mass is 16.3. The lowest BCUT2D eigenvalue weighted by Crippen LogP contribution is -2.09. The number of aliphatic hydroxyl groups is 1. The van der Waals surface area contributed by atoms with E-state index in [1.165, 1.54) is 0 Å². The van der Waals surface area contributed by atoms with E-state index in [0.717, 1.165) is 37.2 Å². The van der Waals surface area contributed by atoms with E-state index in [1.54, 1.807) is 0 Å². The zero-order valence-corrected chi connectivity index (χ0v) is 8.90. The zero-order chi connectivity index (χ0) is 10.1. The second-order valence-electron chi connectivity index (χ2n) is 4.01. The third kappa shape index (κ3) is 1.69. The number of rotatable bonds is 4. The minimum Gasteiger partial charge on any atom is -0.387 e. The molecule has 1 N–H and O–H groups in total. The van der Waals surface area contributed by atoms with Gasteiger partial charge in [-0.15, -0.1) is 0 Å². The molecule has 1 unspecified atom stereocenters. The summed E-state index contributed by atoms with van der Waals surface area (Å²) in [4.78, 5) is 0. The van der Waals surface area contributed by atoms with Crippen LogP contribution in [0.25, 0.3) is 0 Å². The van der Waals surface area contributed by atoms with Crippen LogP contribution in [-0.4, -0.2) is 14.9 Å². The Hall–Kier alpha value is -0.830. The van der Waals surface area contributed by atoms with E-state index in [2.05, 4.69) is 18.9 Å². The SMILES string of the molecule is CCc1cc(C(O)C2CC2)n(CC)n1. The number of aliphatic hydroxyl groups excluding tert-OH is 1. The number of hydrogen-bond acceptors (Lipinski definition) is 2. The monoisotopic (exact) mass is 194 g/mol. The fourth-order valence-electron chi connectivity index (χ4n) is 1.80. The third-order valence-corrected chi connectivity index (χ3v) is 2.90. The highest BCUT2D eigenvalue weighted by Crippen LogP contribution is 2.40. The third-order valence-electron chi connectivity index (χ3n) is 2.90. The van der Waals surface area contributed by atoms with Crippen LogP contribution in [0.4, 0.5) is 0 Å². The van der Waals surface area contributed by atoms with Gasteiger partial charge >= 0.3 is 0 Å². The first-order chi connectivity index (χ1) is 6.76. The highest BCUT2D eigenvalue weighted by molar-refractivity contribution is 5.15. The maximum Gasteiger partial charge on any atom is 0.0984 e. The fraction of sp³-hybridized carbons (Fsp3) is 0.727. The minimum atomic E-state index is -0.289. The van der Waals surface area contributed by atoms with Crippen molar-refractivity contribution in [2.75, 3.05) is 0 Å². The predicted molar refractivity (Wildman–Crippen MR) is 55.0 cm³/mol. The first kappa shape index (κ1) is 9.71. The molecule has 2 rings (SSSR count). The molecular formula is C11H18N2O. The summed E-state index contributed by atoms with van der Waals surface area (Å²) in [6.07, 6.45) is 2.98. The van der Waals surface area contributed by atoms with Crippen LogP contribution in [0.5, 0.6) is 0 Å². The van der Waals surface area contributed by atoms with E-state index in [-0.39, 0.29) is 6.10 Å². The summed E-state index contributed by atoms with van der Waals surface area (Å²) in [5.41, 5.74) is 2.09.